The third-order valence-electron chi connectivity index (χ3n) is 3.19. The number of ketones is 1. The number of carbonyl (C=O) groups excluding carboxylic acids is 1. The maximum Gasteiger partial charge on any atom is 0.192 e. The van der Waals surface area contributed by atoms with Crippen LogP contribution in [0.15, 0.2) is 18.2 Å². The van der Waals surface area contributed by atoms with Crippen molar-refractivity contribution in [3.05, 3.63) is 33.8 Å². The van der Waals surface area contributed by atoms with Crippen LogP contribution in [0.1, 0.15) is 23.7 Å². The predicted molar refractivity (Wildman–Crippen MR) is 77.3 cm³/mol. The van der Waals surface area contributed by atoms with E-state index in [0.717, 1.165) is 19.5 Å². The summed E-state index contributed by atoms with van der Waals surface area (Å²) >= 11 is 11.8. The summed E-state index contributed by atoms with van der Waals surface area (Å²) in [7, 11) is 0. The second kappa shape index (κ2) is 6.71. The lowest BCUT2D eigenvalue weighted by molar-refractivity contribution is -0.0163. The number of Topliss-reactive ketones (excluding diaryl/α,β-unsaturated/α-hetero) is 1. The van der Waals surface area contributed by atoms with Crippen molar-refractivity contribution in [3.63, 3.8) is 0 Å². The van der Waals surface area contributed by atoms with Crippen LogP contribution in [0.25, 0.3) is 0 Å². The molecule has 5 heteroatoms. The summed E-state index contributed by atoms with van der Waals surface area (Å²) in [6.45, 7) is 5.25. The van der Waals surface area contributed by atoms with Crippen LogP contribution in [0.3, 0.4) is 0 Å². The number of nitrogens with zero attached hydrogens (tertiary/aromatic N) is 1. The number of morpholine rings is 1. The van der Waals surface area contributed by atoms with E-state index in [4.69, 9.17) is 27.9 Å². The Morgan fingerprint density at radius 3 is 2.89 bits per heavy atom. The first-order valence-corrected chi connectivity index (χ1v) is 7.20. The van der Waals surface area contributed by atoms with Gasteiger partial charge in [0.05, 0.1) is 16.7 Å². The quantitative estimate of drug-likeness (QED) is 0.799. The molecule has 1 saturated heterocycles. The van der Waals surface area contributed by atoms with Gasteiger partial charge in [-0.3, -0.25) is 9.69 Å². The van der Waals surface area contributed by atoms with Crippen molar-refractivity contribution in [3.8, 4) is 0 Å². The summed E-state index contributed by atoms with van der Waals surface area (Å²) in [4.78, 5) is 14.6. The fourth-order valence-electron chi connectivity index (χ4n) is 2.22. The second-order valence-electron chi connectivity index (χ2n) is 4.65. The summed E-state index contributed by atoms with van der Waals surface area (Å²) < 4.78 is 5.57. The molecule has 1 fully saturated rings. The molecule has 19 heavy (non-hydrogen) atoms. The van der Waals surface area contributed by atoms with Crippen LogP contribution < -0.4 is 0 Å². The topological polar surface area (TPSA) is 29.5 Å². The fourth-order valence-corrected chi connectivity index (χ4v) is 2.51. The summed E-state index contributed by atoms with van der Waals surface area (Å²) in [5, 5.41) is 0.851. The monoisotopic (exact) mass is 301 g/mol. The van der Waals surface area contributed by atoms with Gasteiger partial charge < -0.3 is 4.74 Å². The molecule has 0 spiro atoms. The van der Waals surface area contributed by atoms with Crippen molar-refractivity contribution in [2.75, 3.05) is 26.2 Å². The van der Waals surface area contributed by atoms with Gasteiger partial charge in [-0.15, -0.1) is 0 Å². The molecule has 1 unspecified atom stereocenters. The minimum atomic E-state index is -0.405. The lowest BCUT2D eigenvalue weighted by atomic mass is 10.0. The van der Waals surface area contributed by atoms with Crippen molar-refractivity contribution in [2.24, 2.45) is 0 Å². The minimum Gasteiger partial charge on any atom is -0.367 e. The summed E-state index contributed by atoms with van der Waals surface area (Å²) in [5.74, 6) is -0.0284. The van der Waals surface area contributed by atoms with Crippen LogP contribution in [-0.2, 0) is 4.74 Å². The van der Waals surface area contributed by atoms with Gasteiger partial charge in [0.1, 0.15) is 6.10 Å². The van der Waals surface area contributed by atoms with Gasteiger partial charge in [-0.05, 0) is 31.2 Å². The molecule has 104 valence electrons. The fraction of sp³-hybridized carbons (Fsp3) is 0.500. The van der Waals surface area contributed by atoms with Crippen LogP contribution in [0.2, 0.25) is 10.0 Å². The standard InChI is InChI=1S/C14H17Cl2NO2/c1-2-5-17-6-7-19-13(9-17)14(18)10-3-4-11(15)12(16)8-10/h3-4,8,13H,2,5-7,9H2,1H3. The van der Waals surface area contributed by atoms with Crippen molar-refractivity contribution in [1.82, 2.24) is 4.90 Å². The Morgan fingerprint density at radius 2 is 2.21 bits per heavy atom. The maximum absolute atomic E-state index is 12.4. The van der Waals surface area contributed by atoms with Gasteiger partial charge in [-0.1, -0.05) is 30.1 Å². The molecular formula is C14H17Cl2NO2. The zero-order chi connectivity index (χ0) is 13.8. The van der Waals surface area contributed by atoms with Gasteiger partial charge in [0.15, 0.2) is 5.78 Å². The molecule has 0 aliphatic carbocycles. The first kappa shape index (κ1) is 14.8. The second-order valence-corrected chi connectivity index (χ2v) is 5.47. The number of carbonyl (C=O) groups is 1. The lowest BCUT2D eigenvalue weighted by Gasteiger charge is -2.31. The molecule has 3 nitrogen and oxygen atoms in total. The number of rotatable bonds is 4. The molecule has 1 aliphatic rings. The Kier molecular flexibility index (Phi) is 5.22. The normalized spacial score (nSPS) is 20.5. The molecule has 1 atom stereocenters. The van der Waals surface area contributed by atoms with Crippen molar-refractivity contribution in [2.45, 2.75) is 19.4 Å². The summed E-state index contributed by atoms with van der Waals surface area (Å²) in [6.07, 6.45) is 0.672. The first-order valence-electron chi connectivity index (χ1n) is 6.45. The number of benzene rings is 1. The largest absolute Gasteiger partial charge is 0.367 e. The molecule has 0 N–H and O–H groups in total. The van der Waals surface area contributed by atoms with Crippen molar-refractivity contribution >= 4 is 29.0 Å². The minimum absolute atomic E-state index is 0.0284. The Labute approximate surface area is 123 Å². The van der Waals surface area contributed by atoms with E-state index in [9.17, 15) is 4.79 Å². The van der Waals surface area contributed by atoms with Gasteiger partial charge in [0.2, 0.25) is 0 Å². The number of ether oxygens (including phenoxy) is 1. The maximum atomic E-state index is 12.4. The van der Waals surface area contributed by atoms with E-state index >= 15 is 0 Å². The van der Waals surface area contributed by atoms with Crippen LogP contribution in [-0.4, -0.2) is 43.0 Å². The van der Waals surface area contributed by atoms with Crippen LogP contribution in [0, 0.1) is 0 Å². The third-order valence-corrected chi connectivity index (χ3v) is 3.93. The van der Waals surface area contributed by atoms with Crippen molar-refractivity contribution < 1.29 is 9.53 Å². The van der Waals surface area contributed by atoms with E-state index in [1.165, 1.54) is 0 Å². The zero-order valence-corrected chi connectivity index (χ0v) is 12.4. The summed E-state index contributed by atoms with van der Waals surface area (Å²) in [6, 6.07) is 4.94. The SMILES string of the molecule is CCCN1CCOC(C(=O)c2ccc(Cl)c(Cl)c2)C1. The van der Waals surface area contributed by atoms with Crippen LogP contribution in [0.5, 0.6) is 0 Å². The Balaban J connectivity index is 2.08. The number of halogens is 2. The molecule has 1 heterocycles. The Bertz CT molecular complexity index is 463. The summed E-state index contributed by atoms with van der Waals surface area (Å²) in [5.41, 5.74) is 0.553. The van der Waals surface area contributed by atoms with E-state index < -0.39 is 6.10 Å². The molecule has 0 aromatic heterocycles. The highest BCUT2D eigenvalue weighted by atomic mass is 35.5. The van der Waals surface area contributed by atoms with E-state index in [1.807, 2.05) is 0 Å². The van der Waals surface area contributed by atoms with Gasteiger partial charge in [-0.25, -0.2) is 0 Å². The Morgan fingerprint density at radius 1 is 1.42 bits per heavy atom. The lowest BCUT2D eigenvalue weighted by Crippen LogP contribution is -2.46. The number of hydrogen-bond acceptors (Lipinski definition) is 3. The molecular weight excluding hydrogens is 285 g/mol. The highest BCUT2D eigenvalue weighted by Gasteiger charge is 2.27. The van der Waals surface area contributed by atoms with Crippen molar-refractivity contribution in [1.29, 1.82) is 0 Å². The molecule has 1 aliphatic heterocycles. The van der Waals surface area contributed by atoms with E-state index in [1.54, 1.807) is 18.2 Å². The average molecular weight is 302 g/mol. The zero-order valence-electron chi connectivity index (χ0n) is 10.9. The molecule has 1 aromatic carbocycles. The highest BCUT2D eigenvalue weighted by Crippen LogP contribution is 2.24. The molecule has 0 bridgehead atoms. The van der Waals surface area contributed by atoms with Gasteiger partial charge in [0.25, 0.3) is 0 Å². The van der Waals surface area contributed by atoms with E-state index in [0.29, 0.717) is 28.8 Å². The van der Waals surface area contributed by atoms with E-state index in [2.05, 4.69) is 11.8 Å². The average Bonchev–Trinajstić information content (AvgIpc) is 2.42. The third kappa shape index (κ3) is 3.69. The predicted octanol–water partition coefficient (Wildman–Crippen LogP) is 3.29. The van der Waals surface area contributed by atoms with E-state index in [-0.39, 0.29) is 5.78 Å². The molecule has 2 rings (SSSR count). The first-order chi connectivity index (χ1) is 9.11. The van der Waals surface area contributed by atoms with Crippen LogP contribution in [0.4, 0.5) is 0 Å². The highest BCUT2D eigenvalue weighted by molar-refractivity contribution is 6.42. The molecule has 0 amide bonds. The van der Waals surface area contributed by atoms with Crippen LogP contribution >= 0.6 is 23.2 Å². The number of hydrogen-bond donors (Lipinski definition) is 0. The molecule has 1 aromatic rings. The molecule has 0 saturated carbocycles. The van der Waals surface area contributed by atoms with Gasteiger partial charge in [-0.2, -0.15) is 0 Å². The van der Waals surface area contributed by atoms with Gasteiger partial charge in [0, 0.05) is 18.7 Å². The van der Waals surface area contributed by atoms with Gasteiger partial charge >= 0.3 is 0 Å². The Hall–Kier alpha value is -0.610. The molecule has 0 radical (unpaired) electrons. The smallest absolute Gasteiger partial charge is 0.192 e.